The number of nitrogens with two attached hydrogens (primary N) is 1. The maximum absolute atomic E-state index is 12.5. The molecule has 11 heteroatoms. The molecule has 1 fully saturated rings. The van der Waals surface area contributed by atoms with Gasteiger partial charge < -0.3 is 34.7 Å². The van der Waals surface area contributed by atoms with Crippen LogP contribution < -0.4 is 10.6 Å². The van der Waals surface area contributed by atoms with Crippen molar-refractivity contribution in [3.05, 3.63) is 24.3 Å². The van der Waals surface area contributed by atoms with Gasteiger partial charge in [0.25, 0.3) is 0 Å². The standard InChI is InChI=1S/C20H26N2O9/c1-10(23)22(15-7-5-14(21)6-8-15)17-19(30-13(4)26)18(29-12(3)25)16(31-20(17)27)9-28-11(2)24/h5-8,16-20,27H,9,21H2,1-4H3/t16-,17-,18-,19-,20-/m1/s1. The van der Waals surface area contributed by atoms with Gasteiger partial charge in [-0.25, -0.2) is 0 Å². The lowest BCUT2D eigenvalue weighted by molar-refractivity contribution is -0.260. The molecule has 0 saturated carbocycles. The number of nitrogens with zero attached hydrogens (tertiary/aromatic N) is 1. The summed E-state index contributed by atoms with van der Waals surface area (Å²) in [5.41, 5.74) is 6.50. The first-order valence-corrected chi connectivity index (χ1v) is 9.48. The largest absolute Gasteiger partial charge is 0.463 e. The van der Waals surface area contributed by atoms with Gasteiger partial charge in [-0.2, -0.15) is 0 Å². The smallest absolute Gasteiger partial charge is 0.303 e. The number of benzene rings is 1. The van der Waals surface area contributed by atoms with E-state index in [0.717, 1.165) is 18.7 Å². The van der Waals surface area contributed by atoms with Crippen LogP contribution in [-0.2, 0) is 38.1 Å². The Morgan fingerprint density at radius 3 is 2.00 bits per heavy atom. The lowest BCUT2D eigenvalue weighted by Gasteiger charge is -2.47. The Morgan fingerprint density at radius 1 is 0.968 bits per heavy atom. The monoisotopic (exact) mass is 438 g/mol. The van der Waals surface area contributed by atoms with Crippen molar-refractivity contribution in [1.82, 2.24) is 0 Å². The Hall–Kier alpha value is -3.18. The number of esters is 3. The minimum Gasteiger partial charge on any atom is -0.463 e. The number of anilines is 2. The number of hydrogen-bond donors (Lipinski definition) is 2. The number of aliphatic hydroxyl groups is 1. The summed E-state index contributed by atoms with van der Waals surface area (Å²) < 4.78 is 21.2. The second kappa shape index (κ2) is 10.2. The lowest BCUT2D eigenvalue weighted by atomic mass is 9.94. The van der Waals surface area contributed by atoms with Crippen LogP contribution in [0.1, 0.15) is 27.7 Å². The predicted octanol–water partition coefficient (Wildman–Crippen LogP) is 0.134. The number of ether oxygens (including phenoxy) is 4. The molecule has 1 aromatic rings. The molecule has 0 aliphatic carbocycles. The molecule has 5 atom stereocenters. The fourth-order valence-corrected chi connectivity index (χ4v) is 3.38. The molecular weight excluding hydrogens is 412 g/mol. The van der Waals surface area contributed by atoms with Crippen molar-refractivity contribution >= 4 is 35.2 Å². The van der Waals surface area contributed by atoms with Crippen molar-refractivity contribution in [3.63, 3.8) is 0 Å². The quantitative estimate of drug-likeness (QED) is 0.356. The molecule has 11 nitrogen and oxygen atoms in total. The molecule has 1 heterocycles. The Labute approximate surface area is 179 Å². The third-order valence-electron chi connectivity index (χ3n) is 4.50. The molecule has 0 radical (unpaired) electrons. The van der Waals surface area contributed by atoms with Gasteiger partial charge in [0.1, 0.15) is 18.8 Å². The topological polar surface area (TPSA) is 155 Å². The summed E-state index contributed by atoms with van der Waals surface area (Å²) >= 11 is 0. The lowest BCUT2D eigenvalue weighted by Crippen LogP contribution is -2.67. The van der Waals surface area contributed by atoms with Crippen LogP contribution in [0, 0.1) is 0 Å². The minimum atomic E-state index is -1.67. The normalized spacial score (nSPS) is 25.3. The molecule has 0 aromatic heterocycles. The van der Waals surface area contributed by atoms with Crippen LogP contribution >= 0.6 is 0 Å². The number of amides is 1. The van der Waals surface area contributed by atoms with Gasteiger partial charge in [0, 0.05) is 39.1 Å². The average Bonchev–Trinajstić information content (AvgIpc) is 2.65. The third-order valence-corrected chi connectivity index (χ3v) is 4.50. The Morgan fingerprint density at radius 2 is 1.52 bits per heavy atom. The fraction of sp³-hybridized carbons (Fsp3) is 0.500. The molecule has 3 N–H and O–H groups in total. The van der Waals surface area contributed by atoms with Crippen molar-refractivity contribution in [3.8, 4) is 0 Å². The summed E-state index contributed by atoms with van der Waals surface area (Å²) in [5.74, 6) is -2.60. The maximum atomic E-state index is 12.5. The number of hydrogen-bond acceptors (Lipinski definition) is 10. The summed E-state index contributed by atoms with van der Waals surface area (Å²) in [6.07, 6.45) is -5.42. The van der Waals surface area contributed by atoms with Gasteiger partial charge in [0.05, 0.1) is 0 Å². The number of carbonyl (C=O) groups excluding carboxylic acids is 4. The van der Waals surface area contributed by atoms with Crippen molar-refractivity contribution in [2.45, 2.75) is 58.3 Å². The van der Waals surface area contributed by atoms with E-state index in [1.165, 1.54) is 13.8 Å². The van der Waals surface area contributed by atoms with E-state index in [-0.39, 0.29) is 6.61 Å². The Balaban J connectivity index is 2.52. The molecule has 170 valence electrons. The van der Waals surface area contributed by atoms with Gasteiger partial charge in [-0.1, -0.05) is 0 Å². The third kappa shape index (κ3) is 6.15. The van der Waals surface area contributed by atoms with E-state index in [1.807, 2.05) is 0 Å². The van der Waals surface area contributed by atoms with E-state index in [2.05, 4.69) is 0 Å². The van der Waals surface area contributed by atoms with Gasteiger partial charge in [-0.15, -0.1) is 0 Å². The molecule has 0 bridgehead atoms. The molecule has 2 rings (SSSR count). The van der Waals surface area contributed by atoms with Crippen molar-refractivity contribution < 1.29 is 43.2 Å². The first-order valence-electron chi connectivity index (χ1n) is 9.48. The van der Waals surface area contributed by atoms with Gasteiger partial charge in [-0.3, -0.25) is 19.2 Å². The maximum Gasteiger partial charge on any atom is 0.303 e. The molecular formula is C20H26N2O9. The van der Waals surface area contributed by atoms with Crippen LogP contribution in [0.5, 0.6) is 0 Å². The zero-order valence-corrected chi connectivity index (χ0v) is 17.6. The minimum absolute atomic E-state index is 0.339. The molecule has 1 aliphatic rings. The highest BCUT2D eigenvalue weighted by molar-refractivity contribution is 5.92. The second-order valence-electron chi connectivity index (χ2n) is 6.99. The predicted molar refractivity (Wildman–Crippen MR) is 106 cm³/mol. The van der Waals surface area contributed by atoms with E-state index < -0.39 is 54.5 Å². The molecule has 31 heavy (non-hydrogen) atoms. The van der Waals surface area contributed by atoms with E-state index >= 15 is 0 Å². The van der Waals surface area contributed by atoms with Gasteiger partial charge in [-0.05, 0) is 24.3 Å². The van der Waals surface area contributed by atoms with Crippen LogP contribution in [-0.4, -0.2) is 66.2 Å². The zero-order chi connectivity index (χ0) is 23.3. The van der Waals surface area contributed by atoms with Crippen molar-refractivity contribution in [2.75, 3.05) is 17.2 Å². The summed E-state index contributed by atoms with van der Waals surface area (Å²) in [4.78, 5) is 48.5. The van der Waals surface area contributed by atoms with Gasteiger partial charge in [0.15, 0.2) is 18.5 Å². The molecule has 1 aliphatic heterocycles. The second-order valence-corrected chi connectivity index (χ2v) is 6.99. The first kappa shape index (κ1) is 24.1. The van der Waals surface area contributed by atoms with Crippen molar-refractivity contribution in [1.29, 1.82) is 0 Å². The molecule has 0 spiro atoms. The van der Waals surface area contributed by atoms with E-state index in [4.69, 9.17) is 24.7 Å². The van der Waals surface area contributed by atoms with Crippen LogP contribution in [0.15, 0.2) is 24.3 Å². The van der Waals surface area contributed by atoms with E-state index in [0.29, 0.717) is 11.4 Å². The summed E-state index contributed by atoms with van der Waals surface area (Å²) in [6, 6.07) is 4.91. The van der Waals surface area contributed by atoms with E-state index in [1.54, 1.807) is 24.3 Å². The SMILES string of the molecule is CC(=O)OC[C@H]1O[C@@H](O)[C@H](N(C(C)=O)c2ccc(N)cc2)[C@@H](OC(C)=O)[C@@H]1OC(C)=O. The fourth-order valence-electron chi connectivity index (χ4n) is 3.38. The van der Waals surface area contributed by atoms with Crippen LogP contribution in [0.25, 0.3) is 0 Å². The summed E-state index contributed by atoms with van der Waals surface area (Å²) in [6.45, 7) is 4.31. The molecule has 1 amide bonds. The highest BCUT2D eigenvalue weighted by atomic mass is 16.7. The van der Waals surface area contributed by atoms with Gasteiger partial charge in [0.2, 0.25) is 5.91 Å². The highest BCUT2D eigenvalue weighted by Crippen LogP contribution is 2.32. The Bertz CT molecular complexity index is 826. The van der Waals surface area contributed by atoms with Crippen LogP contribution in [0.4, 0.5) is 11.4 Å². The summed E-state index contributed by atoms with van der Waals surface area (Å²) in [5, 5.41) is 10.8. The highest BCUT2D eigenvalue weighted by Gasteiger charge is 2.53. The number of rotatable bonds is 6. The van der Waals surface area contributed by atoms with Crippen LogP contribution in [0.2, 0.25) is 0 Å². The Kier molecular flexibility index (Phi) is 7.95. The van der Waals surface area contributed by atoms with Crippen molar-refractivity contribution in [2.24, 2.45) is 0 Å². The molecule has 1 saturated heterocycles. The van der Waals surface area contributed by atoms with Crippen LogP contribution in [0.3, 0.4) is 0 Å². The molecule has 1 aromatic carbocycles. The average molecular weight is 438 g/mol. The van der Waals surface area contributed by atoms with Gasteiger partial charge >= 0.3 is 17.9 Å². The molecule has 0 unspecified atom stereocenters. The first-order chi connectivity index (χ1) is 14.5. The van der Waals surface area contributed by atoms with E-state index in [9.17, 15) is 24.3 Å². The summed E-state index contributed by atoms with van der Waals surface area (Å²) in [7, 11) is 0. The number of carbonyl (C=O) groups is 4. The number of aliphatic hydroxyl groups excluding tert-OH is 1. The zero-order valence-electron chi connectivity index (χ0n) is 17.6. The number of nitrogen functional groups attached to an aromatic ring is 1.